The number of carboxylic acid groups (broad SMARTS) is 1. The first-order valence-electron chi connectivity index (χ1n) is 6.56. The fourth-order valence-electron chi connectivity index (χ4n) is 2.38. The third-order valence-corrected chi connectivity index (χ3v) is 3.58. The molecule has 0 amide bonds. The summed E-state index contributed by atoms with van der Waals surface area (Å²) in [7, 11) is 0. The second kappa shape index (κ2) is 6.66. The average molecular weight is 268 g/mol. The number of halogens is 1. The summed E-state index contributed by atoms with van der Waals surface area (Å²) in [6, 6.07) is 4.34. The van der Waals surface area contributed by atoms with Crippen molar-refractivity contribution in [3.8, 4) is 0 Å². The molecule has 0 aliphatic carbocycles. The average Bonchev–Trinajstić information content (AvgIpc) is 2.34. The Bertz CT molecular complexity index is 445. The van der Waals surface area contributed by atoms with Gasteiger partial charge < -0.3 is 10.2 Å². The van der Waals surface area contributed by atoms with Gasteiger partial charge in [-0.3, -0.25) is 4.79 Å². The third-order valence-electron chi connectivity index (χ3n) is 3.58. The Morgan fingerprint density at radius 3 is 2.58 bits per heavy atom. The van der Waals surface area contributed by atoms with Crippen LogP contribution < -0.4 is 0 Å². The predicted octanol–water partition coefficient (Wildman–Crippen LogP) is 3.10. The van der Waals surface area contributed by atoms with E-state index in [1.807, 2.05) is 13.8 Å². The lowest BCUT2D eigenvalue weighted by Gasteiger charge is -2.26. The van der Waals surface area contributed by atoms with E-state index in [4.69, 9.17) is 0 Å². The van der Waals surface area contributed by atoms with Gasteiger partial charge >= 0.3 is 5.97 Å². The summed E-state index contributed by atoms with van der Waals surface area (Å²) in [5.41, 5.74) is 0.639. The lowest BCUT2D eigenvalue weighted by Crippen LogP contribution is -2.32. The molecular weight excluding hydrogens is 247 g/mol. The van der Waals surface area contributed by atoms with Crippen LogP contribution in [0.25, 0.3) is 0 Å². The first kappa shape index (κ1) is 15.6. The van der Waals surface area contributed by atoms with Gasteiger partial charge in [0.15, 0.2) is 0 Å². The van der Waals surface area contributed by atoms with E-state index in [0.717, 1.165) is 12.8 Å². The van der Waals surface area contributed by atoms with Gasteiger partial charge in [-0.25, -0.2) is 4.39 Å². The van der Waals surface area contributed by atoms with Crippen LogP contribution in [-0.2, 0) is 4.79 Å². The van der Waals surface area contributed by atoms with Crippen LogP contribution in [-0.4, -0.2) is 22.3 Å². The van der Waals surface area contributed by atoms with E-state index < -0.39 is 23.8 Å². The van der Waals surface area contributed by atoms with Crippen molar-refractivity contribution in [1.29, 1.82) is 0 Å². The van der Waals surface area contributed by atoms with Gasteiger partial charge in [0.2, 0.25) is 0 Å². The lowest BCUT2D eigenvalue weighted by molar-refractivity contribution is -0.142. The van der Waals surface area contributed by atoms with Crippen molar-refractivity contribution in [3.63, 3.8) is 0 Å². The van der Waals surface area contributed by atoms with Gasteiger partial charge in [-0.1, -0.05) is 32.4 Å². The smallest absolute Gasteiger partial charge is 0.313 e. The molecule has 4 heteroatoms. The number of hydrogen-bond acceptors (Lipinski definition) is 2. The van der Waals surface area contributed by atoms with Gasteiger partial charge in [0.25, 0.3) is 0 Å². The molecule has 0 fully saturated rings. The predicted molar refractivity (Wildman–Crippen MR) is 71.6 cm³/mol. The molecule has 0 radical (unpaired) electrons. The molecule has 1 aromatic carbocycles. The second-order valence-corrected chi connectivity index (χ2v) is 5.03. The first-order valence-corrected chi connectivity index (χ1v) is 6.56. The zero-order valence-electron chi connectivity index (χ0n) is 11.6. The van der Waals surface area contributed by atoms with Crippen molar-refractivity contribution < 1.29 is 19.4 Å². The zero-order valence-corrected chi connectivity index (χ0v) is 11.6. The van der Waals surface area contributed by atoms with Gasteiger partial charge in [0, 0.05) is 0 Å². The normalized spacial score (nSPS) is 15.8. The highest BCUT2D eigenvalue weighted by molar-refractivity contribution is 5.77. The maximum absolute atomic E-state index is 13.5. The van der Waals surface area contributed by atoms with Crippen molar-refractivity contribution in [2.45, 2.75) is 45.6 Å². The Morgan fingerprint density at radius 1 is 1.42 bits per heavy atom. The van der Waals surface area contributed by atoms with Crippen LogP contribution in [0, 0.1) is 18.7 Å². The Kier molecular flexibility index (Phi) is 5.48. The number of hydrogen-bond donors (Lipinski definition) is 2. The van der Waals surface area contributed by atoms with Gasteiger partial charge in [-0.2, -0.15) is 0 Å². The van der Waals surface area contributed by atoms with Crippen molar-refractivity contribution in [1.82, 2.24) is 0 Å². The molecule has 0 bridgehead atoms. The van der Waals surface area contributed by atoms with E-state index in [1.54, 1.807) is 6.07 Å². The minimum absolute atomic E-state index is 0.145. The summed E-state index contributed by atoms with van der Waals surface area (Å²) >= 11 is 0. The van der Waals surface area contributed by atoms with Gasteiger partial charge in [0.05, 0.1) is 6.10 Å². The molecule has 19 heavy (non-hydrogen) atoms. The molecule has 0 saturated carbocycles. The van der Waals surface area contributed by atoms with Crippen molar-refractivity contribution in [2.24, 2.45) is 5.92 Å². The molecule has 1 aromatic rings. The Balaban J connectivity index is 3.14. The molecule has 0 saturated heterocycles. The maximum Gasteiger partial charge on any atom is 0.313 e. The molecule has 106 valence electrons. The Labute approximate surface area is 113 Å². The number of aliphatic hydroxyl groups is 1. The minimum atomic E-state index is -1.12. The highest BCUT2D eigenvalue weighted by Crippen LogP contribution is 2.30. The van der Waals surface area contributed by atoms with Crippen LogP contribution in [0.5, 0.6) is 0 Å². The van der Waals surface area contributed by atoms with Gasteiger partial charge in [-0.15, -0.1) is 0 Å². The van der Waals surface area contributed by atoms with Gasteiger partial charge in [-0.05, 0) is 36.5 Å². The molecule has 0 heterocycles. The highest BCUT2D eigenvalue weighted by atomic mass is 19.1. The zero-order chi connectivity index (χ0) is 14.6. The van der Waals surface area contributed by atoms with Crippen LogP contribution in [0.3, 0.4) is 0 Å². The molecule has 1 rings (SSSR count). The molecule has 0 aliphatic heterocycles. The van der Waals surface area contributed by atoms with E-state index in [-0.39, 0.29) is 11.5 Å². The minimum Gasteiger partial charge on any atom is -0.481 e. The van der Waals surface area contributed by atoms with E-state index in [9.17, 15) is 19.4 Å². The highest BCUT2D eigenvalue weighted by Gasteiger charge is 2.33. The van der Waals surface area contributed by atoms with Crippen LogP contribution in [0.15, 0.2) is 18.2 Å². The van der Waals surface area contributed by atoms with Crippen LogP contribution in [0.1, 0.15) is 43.7 Å². The van der Waals surface area contributed by atoms with Crippen LogP contribution >= 0.6 is 0 Å². The summed E-state index contributed by atoms with van der Waals surface area (Å²) in [5, 5.41) is 19.6. The first-order chi connectivity index (χ1) is 8.90. The molecule has 0 spiro atoms. The second-order valence-electron chi connectivity index (χ2n) is 5.03. The lowest BCUT2D eigenvalue weighted by atomic mass is 9.83. The van der Waals surface area contributed by atoms with E-state index in [0.29, 0.717) is 5.56 Å². The standard InChI is InChI=1S/C15H21FO3/c1-4-6-9(2)14(17)13(15(18)19)11-7-5-8-12(16)10(11)3/h5,7-9,13-14,17H,4,6H2,1-3H3,(H,18,19). The summed E-state index contributed by atoms with van der Waals surface area (Å²) in [6.07, 6.45) is 0.587. The number of carboxylic acids is 1. The number of aliphatic hydroxyl groups excluding tert-OH is 1. The van der Waals surface area contributed by atoms with Crippen LogP contribution in [0.4, 0.5) is 4.39 Å². The maximum atomic E-state index is 13.5. The third kappa shape index (κ3) is 3.53. The monoisotopic (exact) mass is 268 g/mol. The van der Waals surface area contributed by atoms with Crippen LogP contribution in [0.2, 0.25) is 0 Å². The number of carbonyl (C=O) groups is 1. The molecule has 2 N–H and O–H groups in total. The van der Waals surface area contributed by atoms with E-state index in [2.05, 4.69) is 0 Å². The molecular formula is C15H21FO3. The van der Waals surface area contributed by atoms with E-state index >= 15 is 0 Å². The van der Waals surface area contributed by atoms with Gasteiger partial charge in [0.1, 0.15) is 11.7 Å². The van der Waals surface area contributed by atoms with Crippen molar-refractivity contribution in [3.05, 3.63) is 35.1 Å². The number of aliphatic carboxylic acids is 1. The summed E-state index contributed by atoms with van der Waals surface area (Å²) in [4.78, 5) is 11.4. The molecule has 3 nitrogen and oxygen atoms in total. The fraction of sp³-hybridized carbons (Fsp3) is 0.533. The van der Waals surface area contributed by atoms with Crippen molar-refractivity contribution >= 4 is 5.97 Å². The quantitative estimate of drug-likeness (QED) is 0.833. The molecule has 3 atom stereocenters. The number of benzene rings is 1. The summed E-state index contributed by atoms with van der Waals surface area (Å²) in [5.74, 6) is -2.80. The summed E-state index contributed by atoms with van der Waals surface area (Å²) in [6.45, 7) is 5.34. The Hall–Kier alpha value is -1.42. The fourth-order valence-corrected chi connectivity index (χ4v) is 2.38. The molecule has 0 aliphatic rings. The molecule has 0 aromatic heterocycles. The summed E-state index contributed by atoms with van der Waals surface area (Å²) < 4.78 is 13.5. The van der Waals surface area contributed by atoms with Crippen molar-refractivity contribution in [2.75, 3.05) is 0 Å². The SMILES string of the molecule is CCCC(C)C(O)C(C(=O)O)c1cccc(F)c1C. The number of rotatable bonds is 6. The Morgan fingerprint density at radius 2 is 2.05 bits per heavy atom. The topological polar surface area (TPSA) is 57.5 Å². The molecule has 3 unspecified atom stereocenters. The van der Waals surface area contributed by atoms with E-state index in [1.165, 1.54) is 19.1 Å². The largest absolute Gasteiger partial charge is 0.481 e.